The highest BCUT2D eigenvalue weighted by Gasteiger charge is 2.19. The van der Waals surface area contributed by atoms with Crippen molar-refractivity contribution in [3.8, 4) is 6.07 Å². The maximum Gasteiger partial charge on any atom is 0.156 e. The molecule has 0 bridgehead atoms. The molecule has 78 valence electrons. The normalized spacial score (nSPS) is 11.7. The van der Waals surface area contributed by atoms with Gasteiger partial charge in [0.25, 0.3) is 0 Å². The van der Waals surface area contributed by atoms with Gasteiger partial charge in [-0.3, -0.25) is 9.78 Å². The molecule has 0 spiro atoms. The smallest absolute Gasteiger partial charge is 0.156 e. The molecule has 0 fully saturated rings. The van der Waals surface area contributed by atoms with Crippen LogP contribution in [0.3, 0.4) is 0 Å². The number of nitriles is 1. The van der Waals surface area contributed by atoms with Crippen LogP contribution >= 0.6 is 0 Å². The number of hydrogen-bond acceptors (Lipinski definition) is 3. The maximum absolute atomic E-state index is 11.7. The van der Waals surface area contributed by atoms with Gasteiger partial charge in [-0.15, -0.1) is 0 Å². The first-order valence-corrected chi connectivity index (χ1v) is 5.12. The summed E-state index contributed by atoms with van der Waals surface area (Å²) in [6, 6.07) is 7.30. The molecule has 1 rings (SSSR count). The average Bonchev–Trinajstić information content (AvgIpc) is 2.29. The van der Waals surface area contributed by atoms with Crippen LogP contribution in [0.2, 0.25) is 0 Å². The van der Waals surface area contributed by atoms with E-state index in [0.29, 0.717) is 12.1 Å². The molecule has 0 aliphatic rings. The fraction of sp³-hybridized carbons (Fsp3) is 0.417. The van der Waals surface area contributed by atoms with Gasteiger partial charge in [0.1, 0.15) is 5.92 Å². The van der Waals surface area contributed by atoms with Gasteiger partial charge < -0.3 is 0 Å². The summed E-state index contributed by atoms with van der Waals surface area (Å²) in [5.74, 6) is -0.726. The molecule has 1 atom stereocenters. The zero-order valence-corrected chi connectivity index (χ0v) is 8.81. The molecule has 1 unspecified atom stereocenters. The van der Waals surface area contributed by atoms with E-state index in [2.05, 4.69) is 4.98 Å². The maximum atomic E-state index is 11.7. The van der Waals surface area contributed by atoms with Crippen LogP contribution in [0.5, 0.6) is 0 Å². The third kappa shape index (κ3) is 3.17. The number of pyridine rings is 1. The van der Waals surface area contributed by atoms with Crippen LogP contribution < -0.4 is 0 Å². The van der Waals surface area contributed by atoms with Gasteiger partial charge in [0.05, 0.1) is 11.8 Å². The second-order valence-corrected chi connectivity index (χ2v) is 3.39. The van der Waals surface area contributed by atoms with Crippen molar-refractivity contribution in [3.05, 3.63) is 30.1 Å². The van der Waals surface area contributed by atoms with Crippen LogP contribution in [0.25, 0.3) is 0 Å². The van der Waals surface area contributed by atoms with Gasteiger partial charge in [-0.05, 0) is 18.6 Å². The minimum Gasteiger partial charge on any atom is -0.298 e. The number of unbranched alkanes of at least 4 members (excludes halogenated alkanes) is 1. The van der Waals surface area contributed by atoms with Gasteiger partial charge in [0, 0.05) is 12.6 Å². The highest BCUT2D eigenvalue weighted by Crippen LogP contribution is 2.16. The van der Waals surface area contributed by atoms with Gasteiger partial charge in [-0.25, -0.2) is 0 Å². The molecular weight excluding hydrogens is 188 g/mol. The average molecular weight is 202 g/mol. The molecule has 0 amide bonds. The molecule has 1 aromatic heterocycles. The van der Waals surface area contributed by atoms with E-state index in [4.69, 9.17) is 5.26 Å². The molecule has 0 radical (unpaired) electrons. The molecule has 0 aromatic carbocycles. The summed E-state index contributed by atoms with van der Waals surface area (Å²) in [6.45, 7) is 2.02. The number of carbonyl (C=O) groups is 1. The predicted molar refractivity (Wildman–Crippen MR) is 57.1 cm³/mol. The Morgan fingerprint density at radius 1 is 1.60 bits per heavy atom. The second kappa shape index (κ2) is 5.92. The van der Waals surface area contributed by atoms with Crippen molar-refractivity contribution in [2.75, 3.05) is 0 Å². The molecule has 0 N–H and O–H groups in total. The molecule has 0 aliphatic carbocycles. The second-order valence-electron chi connectivity index (χ2n) is 3.39. The van der Waals surface area contributed by atoms with Crippen molar-refractivity contribution in [1.82, 2.24) is 4.98 Å². The molecule has 3 nitrogen and oxygen atoms in total. The quantitative estimate of drug-likeness (QED) is 0.736. The van der Waals surface area contributed by atoms with E-state index in [1.807, 2.05) is 13.0 Å². The molecule has 0 saturated heterocycles. The molecule has 1 heterocycles. The number of hydrogen-bond donors (Lipinski definition) is 0. The minimum atomic E-state index is -0.697. The SMILES string of the molecule is CCCCC(=O)C(C#N)c1ccccn1. The lowest BCUT2D eigenvalue weighted by atomic mass is 9.97. The van der Waals surface area contributed by atoms with Crippen molar-refractivity contribution in [2.45, 2.75) is 32.1 Å². The number of nitrogens with zero attached hydrogens (tertiary/aromatic N) is 2. The Labute approximate surface area is 89.8 Å². The van der Waals surface area contributed by atoms with Crippen molar-refractivity contribution < 1.29 is 4.79 Å². The summed E-state index contributed by atoms with van der Waals surface area (Å²) in [4.78, 5) is 15.7. The minimum absolute atomic E-state index is 0.0296. The Morgan fingerprint density at radius 2 is 2.40 bits per heavy atom. The first-order chi connectivity index (χ1) is 7.29. The lowest BCUT2D eigenvalue weighted by molar-refractivity contribution is -0.119. The molecule has 1 aromatic rings. The topological polar surface area (TPSA) is 53.8 Å². The Morgan fingerprint density at radius 3 is 2.93 bits per heavy atom. The summed E-state index contributed by atoms with van der Waals surface area (Å²) in [7, 11) is 0. The molecule has 3 heteroatoms. The fourth-order valence-electron chi connectivity index (χ4n) is 1.35. The van der Waals surface area contributed by atoms with Crippen molar-refractivity contribution in [1.29, 1.82) is 5.26 Å². The zero-order chi connectivity index (χ0) is 11.1. The Hall–Kier alpha value is -1.69. The largest absolute Gasteiger partial charge is 0.298 e. The Kier molecular flexibility index (Phi) is 4.49. The van der Waals surface area contributed by atoms with Crippen LogP contribution in [-0.2, 0) is 4.79 Å². The summed E-state index contributed by atoms with van der Waals surface area (Å²) < 4.78 is 0. The Bertz CT molecular complexity index is 354. The van der Waals surface area contributed by atoms with Crippen LogP contribution in [0.15, 0.2) is 24.4 Å². The van der Waals surface area contributed by atoms with Crippen LogP contribution in [0, 0.1) is 11.3 Å². The van der Waals surface area contributed by atoms with Gasteiger partial charge in [0.2, 0.25) is 0 Å². The van der Waals surface area contributed by atoms with Crippen LogP contribution in [0.4, 0.5) is 0 Å². The van der Waals surface area contributed by atoms with E-state index in [9.17, 15) is 4.79 Å². The molecule has 15 heavy (non-hydrogen) atoms. The number of Topliss-reactive ketones (excluding diaryl/α,β-unsaturated/α-hetero) is 1. The van der Waals surface area contributed by atoms with Crippen molar-refractivity contribution in [2.24, 2.45) is 0 Å². The number of rotatable bonds is 5. The first-order valence-electron chi connectivity index (χ1n) is 5.12. The number of aromatic nitrogens is 1. The summed E-state index contributed by atoms with van der Waals surface area (Å²) >= 11 is 0. The van der Waals surface area contributed by atoms with Crippen LogP contribution in [0.1, 0.15) is 37.8 Å². The number of ketones is 1. The van der Waals surface area contributed by atoms with Gasteiger partial charge in [-0.2, -0.15) is 5.26 Å². The molecule has 0 saturated carbocycles. The van der Waals surface area contributed by atoms with Crippen LogP contribution in [-0.4, -0.2) is 10.8 Å². The summed E-state index contributed by atoms with van der Waals surface area (Å²) in [5.41, 5.74) is 0.557. The standard InChI is InChI=1S/C12H14N2O/c1-2-3-7-12(15)10(9-13)11-6-4-5-8-14-11/h4-6,8,10H,2-3,7H2,1H3. The van der Waals surface area contributed by atoms with E-state index >= 15 is 0 Å². The van der Waals surface area contributed by atoms with E-state index in [0.717, 1.165) is 12.8 Å². The first kappa shape index (κ1) is 11.4. The van der Waals surface area contributed by atoms with E-state index < -0.39 is 5.92 Å². The lowest BCUT2D eigenvalue weighted by Gasteiger charge is -2.06. The van der Waals surface area contributed by atoms with Crippen molar-refractivity contribution in [3.63, 3.8) is 0 Å². The highest BCUT2D eigenvalue weighted by atomic mass is 16.1. The highest BCUT2D eigenvalue weighted by molar-refractivity contribution is 5.87. The van der Waals surface area contributed by atoms with E-state index in [-0.39, 0.29) is 5.78 Å². The van der Waals surface area contributed by atoms with Crippen molar-refractivity contribution >= 4 is 5.78 Å². The lowest BCUT2D eigenvalue weighted by Crippen LogP contribution is -2.11. The number of carbonyl (C=O) groups excluding carboxylic acids is 1. The van der Waals surface area contributed by atoms with Gasteiger partial charge in [0.15, 0.2) is 5.78 Å². The molecule has 0 aliphatic heterocycles. The molecular formula is C12H14N2O. The summed E-state index contributed by atoms with van der Waals surface area (Å²) in [5, 5.41) is 8.94. The monoisotopic (exact) mass is 202 g/mol. The summed E-state index contributed by atoms with van der Waals surface area (Å²) in [6.07, 6.45) is 3.87. The predicted octanol–water partition coefficient (Wildman–Crippen LogP) is 2.45. The van der Waals surface area contributed by atoms with Gasteiger partial charge >= 0.3 is 0 Å². The van der Waals surface area contributed by atoms with Gasteiger partial charge in [-0.1, -0.05) is 19.4 Å². The van der Waals surface area contributed by atoms with E-state index in [1.165, 1.54) is 0 Å². The third-order valence-corrected chi connectivity index (χ3v) is 2.21. The van der Waals surface area contributed by atoms with E-state index in [1.54, 1.807) is 24.4 Å². The third-order valence-electron chi connectivity index (χ3n) is 2.21. The fourth-order valence-corrected chi connectivity index (χ4v) is 1.35. The Balaban J connectivity index is 2.73. The zero-order valence-electron chi connectivity index (χ0n) is 8.81.